The summed E-state index contributed by atoms with van der Waals surface area (Å²) in [6.45, 7) is 12.1. The molecule has 1 heteroatoms. The molecule has 1 N–H and O–H groups in total. The van der Waals surface area contributed by atoms with Gasteiger partial charge in [0.2, 0.25) is 0 Å². The van der Waals surface area contributed by atoms with Crippen LogP contribution in [0.3, 0.4) is 0 Å². The van der Waals surface area contributed by atoms with E-state index in [2.05, 4.69) is 46.8 Å². The summed E-state index contributed by atoms with van der Waals surface area (Å²) in [7, 11) is 0. The second kappa shape index (κ2) is 7.46. The molecule has 0 spiro atoms. The topological polar surface area (TPSA) is 20.2 Å². The van der Waals surface area contributed by atoms with Gasteiger partial charge in [-0.3, -0.25) is 0 Å². The first-order valence-electron chi connectivity index (χ1n) is 12.0. The summed E-state index contributed by atoms with van der Waals surface area (Å²) in [5.74, 6) is 2.33. The highest BCUT2D eigenvalue weighted by Gasteiger charge is 2.52. The van der Waals surface area contributed by atoms with E-state index in [4.69, 9.17) is 0 Å². The van der Waals surface area contributed by atoms with Crippen LogP contribution < -0.4 is 0 Å². The fourth-order valence-electron chi connectivity index (χ4n) is 7.57. The molecule has 1 nitrogen and oxygen atoms in total. The Bertz CT molecular complexity index is 706. The molecule has 0 bridgehead atoms. The monoisotopic (exact) mass is 382 g/mol. The summed E-state index contributed by atoms with van der Waals surface area (Å²) in [6.07, 6.45) is 17.3. The zero-order chi connectivity index (χ0) is 20.1. The third-order valence-corrected chi connectivity index (χ3v) is 9.34. The second-order valence-corrected chi connectivity index (χ2v) is 11.3. The minimum atomic E-state index is -0.0502. The van der Waals surface area contributed by atoms with Gasteiger partial charge in [0, 0.05) is 0 Å². The predicted molar refractivity (Wildman–Crippen MR) is 119 cm³/mol. The van der Waals surface area contributed by atoms with Gasteiger partial charge in [0.15, 0.2) is 0 Å². The van der Waals surface area contributed by atoms with E-state index in [-0.39, 0.29) is 6.10 Å². The fraction of sp³-hybridized carbons (Fsp3) is 0.778. The highest BCUT2D eigenvalue weighted by atomic mass is 16.3. The van der Waals surface area contributed by atoms with Crippen molar-refractivity contribution in [3.8, 4) is 0 Å². The average molecular weight is 383 g/mol. The quantitative estimate of drug-likeness (QED) is 0.503. The third-order valence-electron chi connectivity index (χ3n) is 9.34. The number of hydrogen-bond donors (Lipinski definition) is 1. The van der Waals surface area contributed by atoms with Gasteiger partial charge in [0.25, 0.3) is 0 Å². The number of aliphatic hydroxyl groups excluding tert-OH is 1. The Morgan fingerprint density at radius 1 is 1.18 bits per heavy atom. The maximum absolute atomic E-state index is 10.2. The zero-order valence-electron chi connectivity index (χ0n) is 19.0. The van der Waals surface area contributed by atoms with Gasteiger partial charge in [-0.1, -0.05) is 44.1 Å². The van der Waals surface area contributed by atoms with E-state index < -0.39 is 0 Å². The standard InChI is InChI=1S/C27H42O/c1-18(2)7-6-8-19(3)23-11-12-24-22-10-9-20-17-21(28)13-15-26(20,4)25(22)14-16-27(23,24)5/h7,12,19-21,23,28H,6,8-11,13-17H2,1-5H3/t19-,20?,21+,23-,26+,27-/m1/s1. The van der Waals surface area contributed by atoms with Crippen LogP contribution in [-0.2, 0) is 0 Å². The van der Waals surface area contributed by atoms with Crippen molar-refractivity contribution < 1.29 is 5.11 Å². The summed E-state index contributed by atoms with van der Waals surface area (Å²) in [5, 5.41) is 10.2. The predicted octanol–water partition coefficient (Wildman–Crippen LogP) is 7.37. The Labute approximate surface area is 173 Å². The largest absolute Gasteiger partial charge is 0.393 e. The molecule has 28 heavy (non-hydrogen) atoms. The molecule has 0 amide bonds. The molecule has 0 aliphatic heterocycles. The van der Waals surface area contributed by atoms with E-state index in [9.17, 15) is 5.11 Å². The van der Waals surface area contributed by atoms with Gasteiger partial charge in [0.05, 0.1) is 6.10 Å². The van der Waals surface area contributed by atoms with E-state index in [1.165, 1.54) is 56.9 Å². The normalized spacial score (nSPS) is 40.9. The van der Waals surface area contributed by atoms with Crippen LogP contribution in [0.1, 0.15) is 98.8 Å². The van der Waals surface area contributed by atoms with Crippen LogP contribution in [-0.4, -0.2) is 11.2 Å². The molecule has 0 heterocycles. The maximum Gasteiger partial charge on any atom is 0.0543 e. The van der Waals surface area contributed by atoms with Crippen molar-refractivity contribution in [3.05, 3.63) is 34.4 Å². The lowest BCUT2D eigenvalue weighted by atomic mass is 9.51. The van der Waals surface area contributed by atoms with Crippen molar-refractivity contribution in [2.45, 2.75) is 105 Å². The molecule has 0 radical (unpaired) electrons. The van der Waals surface area contributed by atoms with Gasteiger partial charge in [0.1, 0.15) is 0 Å². The first kappa shape index (κ1) is 20.5. The van der Waals surface area contributed by atoms with Gasteiger partial charge in [-0.05, 0) is 118 Å². The summed E-state index contributed by atoms with van der Waals surface area (Å²) in [6, 6.07) is 0. The molecule has 4 aliphatic carbocycles. The van der Waals surface area contributed by atoms with E-state index in [1.807, 2.05) is 0 Å². The van der Waals surface area contributed by atoms with Crippen LogP contribution in [0.25, 0.3) is 0 Å². The lowest BCUT2D eigenvalue weighted by Gasteiger charge is -2.54. The highest BCUT2D eigenvalue weighted by Crippen LogP contribution is 2.64. The lowest BCUT2D eigenvalue weighted by molar-refractivity contribution is 0.0225. The van der Waals surface area contributed by atoms with Crippen molar-refractivity contribution in [1.29, 1.82) is 0 Å². The molecular weight excluding hydrogens is 340 g/mol. The fourth-order valence-corrected chi connectivity index (χ4v) is 7.57. The van der Waals surface area contributed by atoms with Crippen LogP contribution in [0, 0.1) is 28.6 Å². The van der Waals surface area contributed by atoms with E-state index in [0.717, 1.165) is 24.7 Å². The molecule has 0 aromatic heterocycles. The number of allylic oxidation sites excluding steroid dienone is 6. The van der Waals surface area contributed by atoms with Crippen LogP contribution >= 0.6 is 0 Å². The van der Waals surface area contributed by atoms with Gasteiger partial charge >= 0.3 is 0 Å². The zero-order valence-corrected chi connectivity index (χ0v) is 19.0. The van der Waals surface area contributed by atoms with Crippen molar-refractivity contribution in [2.75, 3.05) is 0 Å². The van der Waals surface area contributed by atoms with Crippen LogP contribution in [0.5, 0.6) is 0 Å². The Hall–Kier alpha value is -0.820. The molecule has 1 saturated carbocycles. The number of rotatable bonds is 4. The minimum Gasteiger partial charge on any atom is -0.393 e. The lowest BCUT2D eigenvalue weighted by Crippen LogP contribution is -2.44. The summed E-state index contributed by atoms with van der Waals surface area (Å²) >= 11 is 0. The second-order valence-electron chi connectivity index (χ2n) is 11.3. The maximum atomic E-state index is 10.2. The Kier molecular flexibility index (Phi) is 5.45. The van der Waals surface area contributed by atoms with Gasteiger partial charge in [-0.25, -0.2) is 0 Å². The van der Waals surface area contributed by atoms with Gasteiger partial charge < -0.3 is 5.11 Å². The Morgan fingerprint density at radius 3 is 2.71 bits per heavy atom. The van der Waals surface area contributed by atoms with Crippen LogP contribution in [0.15, 0.2) is 34.4 Å². The summed E-state index contributed by atoms with van der Waals surface area (Å²) in [5.41, 5.74) is 7.54. The SMILES string of the molecule is CC(C)=CCC[C@@H](C)[C@H]1CC=C2C3=C(CC[C@@]21C)[C@@]1(C)CC[C@H](O)CC1CC3. The van der Waals surface area contributed by atoms with Crippen molar-refractivity contribution in [2.24, 2.45) is 28.6 Å². The van der Waals surface area contributed by atoms with Gasteiger partial charge in [-0.2, -0.15) is 0 Å². The molecule has 4 aliphatic rings. The molecular formula is C27H42O. The van der Waals surface area contributed by atoms with E-state index in [0.29, 0.717) is 16.7 Å². The molecule has 0 aromatic carbocycles. The molecule has 1 unspecified atom stereocenters. The van der Waals surface area contributed by atoms with E-state index in [1.54, 1.807) is 16.7 Å². The molecule has 156 valence electrons. The minimum absolute atomic E-state index is 0.0502. The molecule has 1 fully saturated rings. The number of aliphatic hydroxyl groups is 1. The summed E-state index contributed by atoms with van der Waals surface area (Å²) in [4.78, 5) is 0. The molecule has 0 saturated heterocycles. The number of hydrogen-bond acceptors (Lipinski definition) is 1. The first-order chi connectivity index (χ1) is 13.3. The van der Waals surface area contributed by atoms with Crippen LogP contribution in [0.2, 0.25) is 0 Å². The van der Waals surface area contributed by atoms with Crippen molar-refractivity contribution in [1.82, 2.24) is 0 Å². The Balaban J connectivity index is 1.56. The molecule has 6 atom stereocenters. The first-order valence-corrected chi connectivity index (χ1v) is 12.0. The molecule has 4 rings (SSSR count). The highest BCUT2D eigenvalue weighted by molar-refractivity contribution is 5.49. The average Bonchev–Trinajstić information content (AvgIpc) is 2.99. The third kappa shape index (κ3) is 3.26. The van der Waals surface area contributed by atoms with Gasteiger partial charge in [-0.15, -0.1) is 0 Å². The molecule has 0 aromatic rings. The van der Waals surface area contributed by atoms with E-state index >= 15 is 0 Å². The van der Waals surface area contributed by atoms with Crippen molar-refractivity contribution in [3.63, 3.8) is 0 Å². The van der Waals surface area contributed by atoms with Crippen LogP contribution in [0.4, 0.5) is 0 Å². The number of fused-ring (bicyclic) bond motifs is 4. The Morgan fingerprint density at radius 2 is 1.96 bits per heavy atom. The summed E-state index contributed by atoms with van der Waals surface area (Å²) < 4.78 is 0. The van der Waals surface area contributed by atoms with Crippen molar-refractivity contribution >= 4 is 0 Å². The smallest absolute Gasteiger partial charge is 0.0543 e.